The van der Waals surface area contributed by atoms with Crippen LogP contribution >= 0.6 is 11.8 Å². The molecule has 0 aliphatic heterocycles. The number of nitrogens with one attached hydrogen (secondary N) is 3. The zero-order valence-corrected chi connectivity index (χ0v) is 29.4. The third-order valence-corrected chi connectivity index (χ3v) is 9.39. The number of thioether (sulfide) groups is 1. The minimum Gasteiger partial charge on any atom is -0.493 e. The molecule has 0 unspecified atom stereocenters. The van der Waals surface area contributed by atoms with Gasteiger partial charge in [-0.25, -0.2) is 0 Å². The van der Waals surface area contributed by atoms with Crippen molar-refractivity contribution in [3.63, 3.8) is 0 Å². The molecule has 0 bridgehead atoms. The number of anilines is 2. The van der Waals surface area contributed by atoms with Crippen molar-refractivity contribution in [1.82, 2.24) is 9.88 Å². The molecular formula is C37H44N4O6S. The van der Waals surface area contributed by atoms with Gasteiger partial charge in [-0.15, -0.1) is 0 Å². The van der Waals surface area contributed by atoms with E-state index in [1.807, 2.05) is 48.9 Å². The summed E-state index contributed by atoms with van der Waals surface area (Å²) in [6.45, 7) is 5.70. The Morgan fingerprint density at radius 3 is 2.44 bits per heavy atom. The second-order valence-electron chi connectivity index (χ2n) is 12.1. The first-order valence-electron chi connectivity index (χ1n) is 16.0. The highest BCUT2D eigenvalue weighted by atomic mass is 32.2. The van der Waals surface area contributed by atoms with Crippen LogP contribution < -0.4 is 35.6 Å². The van der Waals surface area contributed by atoms with Gasteiger partial charge in [0.25, 0.3) is 0 Å². The predicted octanol–water partition coefficient (Wildman–Crippen LogP) is 6.57. The molecule has 2 amide bonds. The quantitative estimate of drug-likeness (QED) is 0.155. The van der Waals surface area contributed by atoms with Crippen LogP contribution in [0.15, 0.2) is 59.5 Å². The lowest BCUT2D eigenvalue weighted by Crippen LogP contribution is -2.36. The first-order chi connectivity index (χ1) is 23.1. The molecule has 254 valence electrons. The van der Waals surface area contributed by atoms with Gasteiger partial charge in [0.05, 0.1) is 44.3 Å². The topological polar surface area (TPSA) is 120 Å². The first kappa shape index (κ1) is 34.7. The van der Waals surface area contributed by atoms with E-state index in [1.54, 1.807) is 45.2 Å². The number of rotatable bonds is 12. The molecule has 10 nitrogen and oxygen atoms in total. The van der Waals surface area contributed by atoms with E-state index >= 15 is 0 Å². The maximum Gasteiger partial charge on any atom is 0.246 e. The van der Waals surface area contributed by atoms with Crippen molar-refractivity contribution in [3.8, 4) is 28.4 Å². The van der Waals surface area contributed by atoms with Gasteiger partial charge in [-0.1, -0.05) is 12.1 Å². The van der Waals surface area contributed by atoms with E-state index in [2.05, 4.69) is 34.4 Å². The summed E-state index contributed by atoms with van der Waals surface area (Å²) in [6.07, 6.45) is 5.65. The van der Waals surface area contributed by atoms with Crippen molar-refractivity contribution in [2.24, 2.45) is 0 Å². The number of ether oxygens (including phenoxy) is 3. The fourth-order valence-corrected chi connectivity index (χ4v) is 6.96. The van der Waals surface area contributed by atoms with Gasteiger partial charge in [0, 0.05) is 30.1 Å². The van der Waals surface area contributed by atoms with Crippen LogP contribution in [0.25, 0.3) is 22.0 Å². The zero-order chi connectivity index (χ0) is 34.5. The van der Waals surface area contributed by atoms with Crippen LogP contribution in [-0.2, 0) is 16.0 Å². The summed E-state index contributed by atoms with van der Waals surface area (Å²) < 4.78 is 19.4. The summed E-state index contributed by atoms with van der Waals surface area (Å²) >= 11 is 1.63. The second kappa shape index (κ2) is 15.1. The average Bonchev–Trinajstić information content (AvgIpc) is 3.38. The van der Waals surface area contributed by atoms with Gasteiger partial charge < -0.3 is 34.7 Å². The van der Waals surface area contributed by atoms with Gasteiger partial charge in [0.2, 0.25) is 23.0 Å². The lowest BCUT2D eigenvalue weighted by molar-refractivity contribution is -0.120. The molecule has 5 rings (SSSR count). The van der Waals surface area contributed by atoms with E-state index in [9.17, 15) is 14.4 Å². The van der Waals surface area contributed by atoms with Crippen molar-refractivity contribution in [3.05, 3.63) is 76.1 Å². The Labute approximate surface area is 285 Å². The fourth-order valence-electron chi connectivity index (χ4n) is 6.49. The zero-order valence-electron chi connectivity index (χ0n) is 28.6. The Bertz CT molecular complexity index is 1890. The molecule has 1 aromatic heterocycles. The molecule has 11 heteroatoms. The van der Waals surface area contributed by atoms with Crippen molar-refractivity contribution >= 4 is 45.9 Å². The van der Waals surface area contributed by atoms with Crippen LogP contribution in [0.1, 0.15) is 56.8 Å². The van der Waals surface area contributed by atoms with E-state index in [1.165, 1.54) is 6.92 Å². The van der Waals surface area contributed by atoms with E-state index in [0.717, 1.165) is 27.6 Å². The standard InChI is InChI=1S/C37H44N4O6S/c1-21(2)41-17-15-25-27(9-8-10-31(25)41)40-37(44)30(16-18-48-7)39-29-14-12-24-26(20-32(29)43)28(38-22(3)42)13-11-23-19-33(45-4)35(46-5)36(47-6)34(23)24/h8-10,12,14-15,17,19-21,28,30H,11,13,16,18H2,1-7H3,(H,38,42)(H,39,43)(H,40,44)/t28-,30-/m0/s1. The lowest BCUT2D eigenvalue weighted by atomic mass is 9.95. The van der Waals surface area contributed by atoms with Gasteiger partial charge in [-0.3, -0.25) is 14.4 Å². The Balaban J connectivity index is 1.58. The van der Waals surface area contributed by atoms with Crippen LogP contribution in [-0.4, -0.2) is 55.8 Å². The highest BCUT2D eigenvalue weighted by molar-refractivity contribution is 7.98. The third kappa shape index (κ3) is 6.96. The molecule has 3 aromatic carbocycles. The molecule has 4 aromatic rings. The van der Waals surface area contributed by atoms with Gasteiger partial charge in [0.15, 0.2) is 11.5 Å². The largest absolute Gasteiger partial charge is 0.493 e. The van der Waals surface area contributed by atoms with E-state index < -0.39 is 12.1 Å². The number of amides is 2. The predicted molar refractivity (Wildman–Crippen MR) is 194 cm³/mol. The molecule has 1 aliphatic rings. The monoisotopic (exact) mass is 672 g/mol. The number of hydrogen-bond acceptors (Lipinski definition) is 8. The Morgan fingerprint density at radius 2 is 1.77 bits per heavy atom. The number of hydrogen-bond donors (Lipinski definition) is 3. The van der Waals surface area contributed by atoms with Crippen molar-refractivity contribution < 1.29 is 23.8 Å². The molecule has 2 atom stereocenters. The summed E-state index contributed by atoms with van der Waals surface area (Å²) in [5.41, 5.74) is 4.79. The summed E-state index contributed by atoms with van der Waals surface area (Å²) in [5, 5.41) is 10.4. The molecule has 0 fully saturated rings. The smallest absolute Gasteiger partial charge is 0.246 e. The van der Waals surface area contributed by atoms with Gasteiger partial charge in [-0.05, 0) is 98.2 Å². The lowest BCUT2D eigenvalue weighted by Gasteiger charge is -2.19. The molecule has 0 saturated carbocycles. The second-order valence-corrected chi connectivity index (χ2v) is 13.1. The van der Waals surface area contributed by atoms with E-state index in [4.69, 9.17) is 14.2 Å². The van der Waals surface area contributed by atoms with Gasteiger partial charge in [-0.2, -0.15) is 11.8 Å². The molecule has 0 radical (unpaired) electrons. The number of benzene rings is 2. The number of nitrogens with zero attached hydrogens (tertiary/aromatic N) is 1. The fraction of sp³-hybridized carbons (Fsp3) is 0.378. The number of carbonyl (C=O) groups is 2. The van der Waals surface area contributed by atoms with Crippen LogP contribution in [0, 0.1) is 0 Å². The van der Waals surface area contributed by atoms with E-state index in [-0.39, 0.29) is 29.0 Å². The molecule has 3 N–H and O–H groups in total. The molecular weight excluding hydrogens is 628 g/mol. The molecule has 1 aliphatic carbocycles. The number of aromatic nitrogens is 1. The Kier molecular flexibility index (Phi) is 10.9. The Hall–Kier alpha value is -4.64. The average molecular weight is 673 g/mol. The van der Waals surface area contributed by atoms with Crippen molar-refractivity contribution in [2.75, 3.05) is 44.0 Å². The normalized spacial score (nSPS) is 14.4. The van der Waals surface area contributed by atoms with Gasteiger partial charge >= 0.3 is 0 Å². The van der Waals surface area contributed by atoms with Crippen molar-refractivity contribution in [1.29, 1.82) is 0 Å². The number of fused-ring (bicyclic) bond motifs is 4. The SMILES string of the molecule is COc1cc2c(c(OC)c1OC)-c1ccc(N[C@@H](CCSC)C(=O)Nc3cccc4c3ccn4C(C)C)c(=O)cc1[C@@H](NC(C)=O)CC2. The number of methoxy groups -OCH3 is 3. The highest BCUT2D eigenvalue weighted by Crippen LogP contribution is 2.50. The van der Waals surface area contributed by atoms with E-state index in [0.29, 0.717) is 53.5 Å². The molecule has 48 heavy (non-hydrogen) atoms. The van der Waals surface area contributed by atoms with Crippen LogP contribution in [0.2, 0.25) is 0 Å². The highest BCUT2D eigenvalue weighted by Gasteiger charge is 2.30. The molecule has 0 spiro atoms. The number of carbonyl (C=O) groups excluding carboxylic acids is 2. The first-order valence-corrected chi connectivity index (χ1v) is 17.4. The maximum atomic E-state index is 14.0. The molecule has 0 saturated heterocycles. The minimum absolute atomic E-state index is 0.205. The van der Waals surface area contributed by atoms with Crippen molar-refractivity contribution in [2.45, 2.75) is 58.2 Å². The Morgan fingerprint density at radius 1 is 1.00 bits per heavy atom. The summed E-state index contributed by atoms with van der Waals surface area (Å²) in [7, 11) is 4.69. The van der Waals surface area contributed by atoms with Gasteiger partial charge in [0.1, 0.15) is 6.04 Å². The van der Waals surface area contributed by atoms with Crippen LogP contribution in [0.3, 0.4) is 0 Å². The summed E-state index contributed by atoms with van der Waals surface area (Å²) in [6, 6.07) is 14.1. The molecule has 1 heterocycles. The van der Waals surface area contributed by atoms with Crippen LogP contribution in [0.4, 0.5) is 11.4 Å². The van der Waals surface area contributed by atoms with Crippen LogP contribution in [0.5, 0.6) is 17.2 Å². The summed E-state index contributed by atoms with van der Waals surface area (Å²) in [5.74, 6) is 1.70. The third-order valence-electron chi connectivity index (χ3n) is 8.75. The maximum absolute atomic E-state index is 14.0. The number of aryl methyl sites for hydroxylation is 1. The summed E-state index contributed by atoms with van der Waals surface area (Å²) in [4.78, 5) is 40.2. The minimum atomic E-state index is -0.688.